The number of rotatable bonds is 4. The predicted octanol–water partition coefficient (Wildman–Crippen LogP) is 2.09. The number of hydrogen-bond donors (Lipinski definition) is 1. The van der Waals surface area contributed by atoms with Crippen molar-refractivity contribution >= 4 is 6.01 Å². The molecular formula is C15H28N4O. The van der Waals surface area contributed by atoms with Crippen LogP contribution in [0.25, 0.3) is 0 Å². The third-order valence-electron chi connectivity index (χ3n) is 3.73. The summed E-state index contributed by atoms with van der Waals surface area (Å²) >= 11 is 0. The molecule has 1 N–H and O–H groups in total. The highest BCUT2D eigenvalue weighted by atomic mass is 16.4. The first-order valence-corrected chi connectivity index (χ1v) is 7.54. The van der Waals surface area contributed by atoms with Gasteiger partial charge in [-0.25, -0.2) is 0 Å². The molecule has 1 aromatic rings. The second kappa shape index (κ2) is 6.14. The van der Waals surface area contributed by atoms with Crippen LogP contribution in [0.2, 0.25) is 0 Å². The van der Waals surface area contributed by atoms with Gasteiger partial charge in [0.2, 0.25) is 0 Å². The molecule has 5 nitrogen and oxygen atoms in total. The molecule has 0 amide bonds. The van der Waals surface area contributed by atoms with Gasteiger partial charge in [-0.3, -0.25) is 4.90 Å². The Labute approximate surface area is 122 Å². The molecule has 0 bridgehead atoms. The maximum Gasteiger partial charge on any atom is 0.297 e. The molecule has 0 aliphatic carbocycles. The minimum absolute atomic E-state index is 0.245. The van der Waals surface area contributed by atoms with Crippen LogP contribution in [0.5, 0.6) is 0 Å². The van der Waals surface area contributed by atoms with Gasteiger partial charge in [0.25, 0.3) is 6.01 Å². The third kappa shape index (κ3) is 3.96. The summed E-state index contributed by atoms with van der Waals surface area (Å²) in [5.74, 6) is 0. The van der Waals surface area contributed by atoms with Crippen molar-refractivity contribution in [2.45, 2.75) is 52.7 Å². The molecule has 1 fully saturated rings. The van der Waals surface area contributed by atoms with Gasteiger partial charge in [-0.2, -0.15) is 4.98 Å². The fourth-order valence-electron chi connectivity index (χ4n) is 2.40. The van der Waals surface area contributed by atoms with Gasteiger partial charge in [-0.1, -0.05) is 13.8 Å². The molecule has 0 radical (unpaired) electrons. The van der Waals surface area contributed by atoms with E-state index in [-0.39, 0.29) is 5.54 Å². The standard InChI is InChI=1S/C15H28N4O/c1-12(2)16-10-13-11-20-14(17-13)18-6-8-19(9-7-18)15(3,4)5/h11-12,16H,6-10H2,1-5H3. The van der Waals surface area contributed by atoms with Crippen LogP contribution < -0.4 is 10.2 Å². The lowest BCUT2D eigenvalue weighted by Gasteiger charge is -2.41. The van der Waals surface area contributed by atoms with E-state index in [1.54, 1.807) is 6.26 Å². The van der Waals surface area contributed by atoms with E-state index < -0.39 is 0 Å². The Morgan fingerprint density at radius 2 is 1.90 bits per heavy atom. The second-order valence-corrected chi connectivity index (χ2v) is 6.80. The zero-order chi connectivity index (χ0) is 14.8. The van der Waals surface area contributed by atoms with E-state index in [9.17, 15) is 0 Å². The predicted molar refractivity (Wildman–Crippen MR) is 82.0 cm³/mol. The summed E-state index contributed by atoms with van der Waals surface area (Å²) in [4.78, 5) is 9.32. The minimum Gasteiger partial charge on any atom is -0.432 e. The molecule has 20 heavy (non-hydrogen) atoms. The molecule has 0 saturated carbocycles. The van der Waals surface area contributed by atoms with Crippen LogP contribution in [-0.4, -0.2) is 47.6 Å². The van der Waals surface area contributed by atoms with Crippen molar-refractivity contribution < 1.29 is 4.42 Å². The Morgan fingerprint density at radius 3 is 2.45 bits per heavy atom. The molecule has 2 rings (SSSR count). The van der Waals surface area contributed by atoms with E-state index in [1.165, 1.54) is 0 Å². The maximum absolute atomic E-state index is 5.61. The third-order valence-corrected chi connectivity index (χ3v) is 3.73. The van der Waals surface area contributed by atoms with Gasteiger partial charge in [0, 0.05) is 44.3 Å². The van der Waals surface area contributed by atoms with Gasteiger partial charge in [0.05, 0.1) is 5.69 Å². The van der Waals surface area contributed by atoms with Crippen molar-refractivity contribution in [1.29, 1.82) is 0 Å². The Bertz CT molecular complexity index is 414. The zero-order valence-electron chi connectivity index (χ0n) is 13.4. The van der Waals surface area contributed by atoms with Crippen LogP contribution in [-0.2, 0) is 6.54 Å². The summed E-state index contributed by atoms with van der Waals surface area (Å²) in [6, 6.07) is 1.23. The molecule has 114 valence electrons. The first kappa shape index (κ1) is 15.3. The molecular weight excluding hydrogens is 252 g/mol. The zero-order valence-corrected chi connectivity index (χ0v) is 13.4. The molecule has 0 spiro atoms. The highest BCUT2D eigenvalue weighted by molar-refractivity contribution is 5.28. The molecule has 1 aliphatic rings. The number of oxazole rings is 1. The summed E-state index contributed by atoms with van der Waals surface area (Å²) in [5.41, 5.74) is 1.22. The van der Waals surface area contributed by atoms with Gasteiger partial charge < -0.3 is 14.6 Å². The fourth-order valence-corrected chi connectivity index (χ4v) is 2.40. The summed E-state index contributed by atoms with van der Waals surface area (Å²) in [6.07, 6.45) is 1.76. The van der Waals surface area contributed by atoms with E-state index in [1.807, 2.05) is 0 Å². The Morgan fingerprint density at radius 1 is 1.25 bits per heavy atom. The normalized spacial score (nSPS) is 18.0. The van der Waals surface area contributed by atoms with Crippen molar-refractivity contribution in [2.75, 3.05) is 31.1 Å². The topological polar surface area (TPSA) is 44.5 Å². The lowest BCUT2D eigenvalue weighted by Crippen LogP contribution is -2.53. The van der Waals surface area contributed by atoms with E-state index in [4.69, 9.17) is 4.42 Å². The maximum atomic E-state index is 5.61. The molecule has 1 saturated heterocycles. The number of anilines is 1. The number of hydrogen-bond acceptors (Lipinski definition) is 5. The molecule has 0 unspecified atom stereocenters. The summed E-state index contributed by atoms with van der Waals surface area (Å²) in [7, 11) is 0. The van der Waals surface area contributed by atoms with Crippen molar-refractivity contribution in [2.24, 2.45) is 0 Å². The smallest absolute Gasteiger partial charge is 0.297 e. The van der Waals surface area contributed by atoms with Crippen LogP contribution in [0.4, 0.5) is 6.01 Å². The van der Waals surface area contributed by atoms with Crippen LogP contribution in [0, 0.1) is 0 Å². The highest BCUT2D eigenvalue weighted by Crippen LogP contribution is 2.20. The quantitative estimate of drug-likeness (QED) is 0.915. The number of aromatic nitrogens is 1. The van der Waals surface area contributed by atoms with Crippen molar-refractivity contribution in [3.8, 4) is 0 Å². The van der Waals surface area contributed by atoms with Crippen LogP contribution in [0.3, 0.4) is 0 Å². The van der Waals surface area contributed by atoms with Gasteiger partial charge in [-0.15, -0.1) is 0 Å². The molecule has 1 aromatic heterocycles. The Balaban J connectivity index is 1.88. The molecule has 5 heteroatoms. The summed E-state index contributed by atoms with van der Waals surface area (Å²) in [6.45, 7) is 15.9. The SMILES string of the molecule is CC(C)NCc1coc(N2CCN(C(C)(C)C)CC2)n1. The lowest BCUT2D eigenvalue weighted by molar-refractivity contribution is 0.127. The molecule has 2 heterocycles. The second-order valence-electron chi connectivity index (χ2n) is 6.80. The average molecular weight is 280 g/mol. The fraction of sp³-hybridized carbons (Fsp3) is 0.800. The number of nitrogens with zero attached hydrogens (tertiary/aromatic N) is 3. The lowest BCUT2D eigenvalue weighted by atomic mass is 10.1. The van der Waals surface area contributed by atoms with Crippen LogP contribution in [0.1, 0.15) is 40.3 Å². The van der Waals surface area contributed by atoms with E-state index >= 15 is 0 Å². The monoisotopic (exact) mass is 280 g/mol. The van der Waals surface area contributed by atoms with E-state index in [0.717, 1.165) is 44.4 Å². The van der Waals surface area contributed by atoms with Gasteiger partial charge in [0.1, 0.15) is 6.26 Å². The van der Waals surface area contributed by atoms with Crippen molar-refractivity contribution in [3.05, 3.63) is 12.0 Å². The first-order chi connectivity index (χ1) is 9.36. The van der Waals surface area contributed by atoms with Crippen LogP contribution in [0.15, 0.2) is 10.7 Å². The minimum atomic E-state index is 0.245. The Kier molecular flexibility index (Phi) is 4.70. The van der Waals surface area contributed by atoms with Crippen molar-refractivity contribution in [3.63, 3.8) is 0 Å². The summed E-state index contributed by atoms with van der Waals surface area (Å²) in [5, 5.41) is 3.36. The van der Waals surface area contributed by atoms with Crippen LogP contribution >= 0.6 is 0 Å². The first-order valence-electron chi connectivity index (χ1n) is 7.54. The average Bonchev–Trinajstić information content (AvgIpc) is 2.84. The van der Waals surface area contributed by atoms with Gasteiger partial charge >= 0.3 is 0 Å². The molecule has 0 atom stereocenters. The van der Waals surface area contributed by atoms with Crippen molar-refractivity contribution in [1.82, 2.24) is 15.2 Å². The number of piperazine rings is 1. The van der Waals surface area contributed by atoms with E-state index in [0.29, 0.717) is 6.04 Å². The highest BCUT2D eigenvalue weighted by Gasteiger charge is 2.27. The largest absolute Gasteiger partial charge is 0.432 e. The van der Waals surface area contributed by atoms with Gasteiger partial charge in [-0.05, 0) is 20.8 Å². The van der Waals surface area contributed by atoms with E-state index in [2.05, 4.69) is 54.7 Å². The number of nitrogens with one attached hydrogen (secondary N) is 1. The molecule has 0 aromatic carbocycles. The summed E-state index contributed by atoms with van der Waals surface area (Å²) < 4.78 is 5.61. The Hall–Kier alpha value is -1.07. The van der Waals surface area contributed by atoms with Gasteiger partial charge in [0.15, 0.2) is 0 Å². The molecule has 1 aliphatic heterocycles.